The van der Waals surface area contributed by atoms with Crippen LogP contribution in [0.5, 0.6) is 5.75 Å². The van der Waals surface area contributed by atoms with E-state index in [2.05, 4.69) is 20.7 Å². The summed E-state index contributed by atoms with van der Waals surface area (Å²) in [5.74, 6) is 0.349. The number of ether oxygens (including phenoxy) is 1. The van der Waals surface area contributed by atoms with Crippen molar-refractivity contribution in [3.8, 4) is 5.75 Å². The minimum atomic E-state index is -0.232. The molecule has 0 aliphatic rings. The Morgan fingerprint density at radius 2 is 1.67 bits per heavy atom. The molecule has 1 aromatic heterocycles. The first-order valence-electron chi connectivity index (χ1n) is 8.32. The molecule has 0 aliphatic carbocycles. The summed E-state index contributed by atoms with van der Waals surface area (Å²) < 4.78 is 6.68. The van der Waals surface area contributed by atoms with Crippen molar-refractivity contribution in [1.29, 1.82) is 0 Å². The predicted molar refractivity (Wildman–Crippen MR) is 101 cm³/mol. The first-order valence-corrected chi connectivity index (χ1v) is 8.32. The smallest absolute Gasteiger partial charge is 0.255 e. The second-order valence-corrected chi connectivity index (χ2v) is 5.72. The van der Waals surface area contributed by atoms with Gasteiger partial charge in [0.05, 0.1) is 13.7 Å². The summed E-state index contributed by atoms with van der Waals surface area (Å²) in [5.41, 5.74) is 1.79. The summed E-state index contributed by atoms with van der Waals surface area (Å²) in [7, 11) is 1.59. The fourth-order valence-electron chi connectivity index (χ4n) is 2.37. The molecule has 8 nitrogen and oxygen atoms in total. The fraction of sp³-hybridized carbons (Fsp3) is 0.158. The monoisotopic (exact) mass is 365 g/mol. The van der Waals surface area contributed by atoms with Gasteiger partial charge in [0.2, 0.25) is 5.91 Å². The normalized spacial score (nSPS) is 10.3. The number of benzene rings is 2. The van der Waals surface area contributed by atoms with E-state index >= 15 is 0 Å². The van der Waals surface area contributed by atoms with Crippen molar-refractivity contribution in [2.45, 2.75) is 13.0 Å². The average molecular weight is 365 g/mol. The zero-order valence-electron chi connectivity index (χ0n) is 14.8. The van der Waals surface area contributed by atoms with Crippen molar-refractivity contribution in [3.63, 3.8) is 0 Å². The Labute approximate surface area is 156 Å². The van der Waals surface area contributed by atoms with Crippen molar-refractivity contribution in [2.24, 2.45) is 0 Å². The molecule has 2 aromatic carbocycles. The lowest BCUT2D eigenvalue weighted by atomic mass is 10.2. The Hall–Kier alpha value is -3.68. The highest BCUT2D eigenvalue weighted by atomic mass is 16.5. The average Bonchev–Trinajstić information content (AvgIpc) is 3.21. The number of methoxy groups -OCH3 is 1. The number of hydrogen-bond acceptors (Lipinski definition) is 5. The van der Waals surface area contributed by atoms with Crippen LogP contribution in [0, 0.1) is 0 Å². The van der Waals surface area contributed by atoms with Crippen LogP contribution in [-0.2, 0) is 11.3 Å². The zero-order chi connectivity index (χ0) is 19.1. The fourth-order valence-corrected chi connectivity index (χ4v) is 2.37. The molecule has 138 valence electrons. The number of rotatable bonds is 7. The second-order valence-electron chi connectivity index (χ2n) is 5.72. The van der Waals surface area contributed by atoms with E-state index in [-0.39, 0.29) is 18.2 Å². The number of aryl methyl sites for hydroxylation is 1. The molecule has 2 N–H and O–H groups in total. The summed E-state index contributed by atoms with van der Waals surface area (Å²) in [6.45, 7) is 0.453. The van der Waals surface area contributed by atoms with Gasteiger partial charge < -0.3 is 15.4 Å². The van der Waals surface area contributed by atoms with Gasteiger partial charge in [-0.2, -0.15) is 5.10 Å². The van der Waals surface area contributed by atoms with Gasteiger partial charge >= 0.3 is 0 Å². The number of carbonyl (C=O) groups excluding carboxylic acids is 2. The maximum absolute atomic E-state index is 12.3. The third-order valence-electron chi connectivity index (χ3n) is 3.81. The molecule has 2 amide bonds. The second kappa shape index (κ2) is 8.61. The number of hydrogen-bond donors (Lipinski definition) is 2. The number of nitrogens with zero attached hydrogens (tertiary/aromatic N) is 3. The van der Waals surface area contributed by atoms with Gasteiger partial charge in [0.25, 0.3) is 5.91 Å². The number of nitrogens with one attached hydrogen (secondary N) is 2. The van der Waals surface area contributed by atoms with Crippen molar-refractivity contribution in [1.82, 2.24) is 14.8 Å². The number of amides is 2. The van der Waals surface area contributed by atoms with Crippen molar-refractivity contribution in [3.05, 3.63) is 66.7 Å². The summed E-state index contributed by atoms with van der Waals surface area (Å²) in [5, 5.41) is 9.54. The van der Waals surface area contributed by atoms with Gasteiger partial charge in [-0.05, 0) is 48.5 Å². The maximum Gasteiger partial charge on any atom is 0.255 e. The molecule has 0 radical (unpaired) electrons. The molecule has 27 heavy (non-hydrogen) atoms. The quantitative estimate of drug-likeness (QED) is 0.670. The van der Waals surface area contributed by atoms with Crippen LogP contribution in [0.15, 0.2) is 61.2 Å². The lowest BCUT2D eigenvalue weighted by molar-refractivity contribution is -0.116. The third-order valence-corrected chi connectivity index (χ3v) is 3.81. The van der Waals surface area contributed by atoms with Crippen molar-refractivity contribution >= 4 is 23.2 Å². The SMILES string of the molecule is COc1ccc(NC(=O)c2ccc(NC(=O)CCn3cncn3)cc2)cc1. The lowest BCUT2D eigenvalue weighted by Crippen LogP contribution is -2.15. The molecule has 3 aromatic rings. The Morgan fingerprint density at radius 1 is 1.00 bits per heavy atom. The molecule has 0 aliphatic heterocycles. The van der Waals surface area contributed by atoms with E-state index in [1.807, 2.05) is 0 Å². The highest BCUT2D eigenvalue weighted by Crippen LogP contribution is 2.17. The molecular weight excluding hydrogens is 346 g/mol. The molecule has 0 saturated carbocycles. The van der Waals surface area contributed by atoms with Gasteiger partial charge in [-0.25, -0.2) is 4.98 Å². The van der Waals surface area contributed by atoms with Gasteiger partial charge in [-0.15, -0.1) is 0 Å². The summed E-state index contributed by atoms with van der Waals surface area (Å²) in [6.07, 6.45) is 3.26. The van der Waals surface area contributed by atoms with E-state index in [9.17, 15) is 9.59 Å². The van der Waals surface area contributed by atoms with Crippen LogP contribution < -0.4 is 15.4 Å². The van der Waals surface area contributed by atoms with Crippen LogP contribution in [-0.4, -0.2) is 33.7 Å². The van der Waals surface area contributed by atoms with E-state index < -0.39 is 0 Å². The Bertz CT molecular complexity index is 890. The first-order chi connectivity index (χ1) is 13.1. The lowest BCUT2D eigenvalue weighted by Gasteiger charge is -2.08. The van der Waals surface area contributed by atoms with Gasteiger partial charge in [0.1, 0.15) is 18.4 Å². The third kappa shape index (κ3) is 5.15. The van der Waals surface area contributed by atoms with Crippen LogP contribution in [0.4, 0.5) is 11.4 Å². The van der Waals surface area contributed by atoms with Crippen LogP contribution >= 0.6 is 0 Å². The number of carbonyl (C=O) groups is 2. The van der Waals surface area contributed by atoms with E-state index in [1.165, 1.54) is 6.33 Å². The van der Waals surface area contributed by atoms with E-state index in [0.29, 0.717) is 23.5 Å². The van der Waals surface area contributed by atoms with Gasteiger partial charge in [-0.1, -0.05) is 0 Å². The van der Waals surface area contributed by atoms with Crippen LogP contribution in [0.1, 0.15) is 16.8 Å². The Morgan fingerprint density at radius 3 is 2.30 bits per heavy atom. The highest BCUT2D eigenvalue weighted by Gasteiger charge is 2.08. The van der Waals surface area contributed by atoms with Gasteiger partial charge in [0.15, 0.2) is 0 Å². The minimum Gasteiger partial charge on any atom is -0.497 e. The summed E-state index contributed by atoms with van der Waals surface area (Å²) >= 11 is 0. The van der Waals surface area contributed by atoms with E-state index in [1.54, 1.807) is 66.6 Å². The van der Waals surface area contributed by atoms with Crippen molar-refractivity contribution in [2.75, 3.05) is 17.7 Å². The van der Waals surface area contributed by atoms with Crippen LogP contribution in [0.25, 0.3) is 0 Å². The molecule has 0 unspecified atom stereocenters. The molecular formula is C19H19N5O3. The molecule has 0 saturated heterocycles. The summed E-state index contributed by atoms with van der Waals surface area (Å²) in [6, 6.07) is 13.8. The molecule has 0 atom stereocenters. The summed E-state index contributed by atoms with van der Waals surface area (Å²) in [4.78, 5) is 28.1. The standard InChI is InChI=1S/C19H19N5O3/c1-27-17-8-6-16(7-9-17)23-19(26)14-2-4-15(5-3-14)22-18(25)10-11-24-13-20-12-21-24/h2-9,12-13H,10-11H2,1H3,(H,22,25)(H,23,26). The highest BCUT2D eigenvalue weighted by molar-refractivity contribution is 6.04. The first kappa shape index (κ1) is 18.1. The molecule has 1 heterocycles. The van der Waals surface area contributed by atoms with E-state index in [4.69, 9.17) is 4.74 Å². The molecule has 0 fully saturated rings. The predicted octanol–water partition coefficient (Wildman–Crippen LogP) is 2.57. The Balaban J connectivity index is 1.52. The Kier molecular flexibility index (Phi) is 5.78. The van der Waals surface area contributed by atoms with Gasteiger partial charge in [-0.3, -0.25) is 14.3 Å². The van der Waals surface area contributed by atoms with Crippen molar-refractivity contribution < 1.29 is 14.3 Å². The van der Waals surface area contributed by atoms with E-state index in [0.717, 1.165) is 5.75 Å². The largest absolute Gasteiger partial charge is 0.497 e. The molecule has 3 rings (SSSR count). The minimum absolute atomic E-state index is 0.138. The topological polar surface area (TPSA) is 98.1 Å². The molecule has 0 bridgehead atoms. The number of aromatic nitrogens is 3. The maximum atomic E-state index is 12.3. The van der Waals surface area contributed by atoms with Crippen LogP contribution in [0.2, 0.25) is 0 Å². The molecule has 8 heteroatoms. The molecule has 0 spiro atoms. The van der Waals surface area contributed by atoms with Gasteiger partial charge in [0, 0.05) is 23.4 Å². The number of anilines is 2. The van der Waals surface area contributed by atoms with Crippen LogP contribution in [0.3, 0.4) is 0 Å². The zero-order valence-corrected chi connectivity index (χ0v) is 14.8.